The monoisotopic (exact) mass is 322 g/mol. The summed E-state index contributed by atoms with van der Waals surface area (Å²) < 4.78 is 4.86. The normalized spacial score (nSPS) is 13.2. The van der Waals surface area contributed by atoms with Gasteiger partial charge in [0.2, 0.25) is 0 Å². The largest absolute Gasteiger partial charge is 0.466 e. The number of aliphatic hydroxyl groups is 1. The van der Waals surface area contributed by atoms with E-state index in [4.69, 9.17) is 9.84 Å². The Hall–Kier alpha value is -1.68. The molecule has 23 heavy (non-hydrogen) atoms. The van der Waals surface area contributed by atoms with Crippen molar-refractivity contribution in [1.82, 2.24) is 0 Å². The van der Waals surface area contributed by atoms with Crippen LogP contribution < -0.4 is 0 Å². The van der Waals surface area contributed by atoms with Crippen LogP contribution in [0.2, 0.25) is 0 Å². The fourth-order valence-electron chi connectivity index (χ4n) is 1.93. The van der Waals surface area contributed by atoms with Crippen LogP contribution in [0.1, 0.15) is 58.8 Å². The van der Waals surface area contributed by atoms with Crippen molar-refractivity contribution in [2.45, 2.75) is 64.9 Å². The van der Waals surface area contributed by atoms with E-state index >= 15 is 0 Å². The van der Waals surface area contributed by atoms with Gasteiger partial charge in [-0.05, 0) is 32.8 Å². The van der Waals surface area contributed by atoms with E-state index in [1.807, 2.05) is 6.92 Å². The SMILES string of the molecule is CCOC(=O)CCCCCCCC(=O)C=CC=CC=CC(C)O. The van der Waals surface area contributed by atoms with E-state index in [-0.39, 0.29) is 11.8 Å². The van der Waals surface area contributed by atoms with E-state index < -0.39 is 6.10 Å². The van der Waals surface area contributed by atoms with Crippen LogP contribution in [0, 0.1) is 0 Å². The molecule has 0 aliphatic carbocycles. The molecule has 0 aliphatic heterocycles. The van der Waals surface area contributed by atoms with Gasteiger partial charge in [-0.1, -0.05) is 49.6 Å². The number of allylic oxidation sites excluding steroid dienone is 5. The fraction of sp³-hybridized carbons (Fsp3) is 0.579. The lowest BCUT2D eigenvalue weighted by atomic mass is 10.1. The molecule has 1 atom stereocenters. The lowest BCUT2D eigenvalue weighted by molar-refractivity contribution is -0.143. The van der Waals surface area contributed by atoms with Crippen LogP contribution in [0.15, 0.2) is 36.5 Å². The Morgan fingerprint density at radius 3 is 2.22 bits per heavy atom. The summed E-state index contributed by atoms with van der Waals surface area (Å²) in [7, 11) is 0. The quantitative estimate of drug-likeness (QED) is 0.242. The van der Waals surface area contributed by atoms with E-state index in [1.54, 1.807) is 43.4 Å². The molecule has 130 valence electrons. The van der Waals surface area contributed by atoms with Crippen molar-refractivity contribution < 1.29 is 19.4 Å². The van der Waals surface area contributed by atoms with E-state index in [0.29, 0.717) is 19.4 Å². The Morgan fingerprint density at radius 2 is 1.57 bits per heavy atom. The first kappa shape index (κ1) is 21.3. The van der Waals surface area contributed by atoms with Gasteiger partial charge in [-0.25, -0.2) is 0 Å². The van der Waals surface area contributed by atoms with E-state index in [9.17, 15) is 9.59 Å². The molecule has 0 bridgehead atoms. The van der Waals surface area contributed by atoms with Gasteiger partial charge in [0.1, 0.15) is 0 Å². The molecule has 0 heterocycles. The van der Waals surface area contributed by atoms with Crippen molar-refractivity contribution in [3.05, 3.63) is 36.5 Å². The molecular formula is C19H30O4. The third-order valence-corrected chi connectivity index (χ3v) is 3.11. The average molecular weight is 322 g/mol. The van der Waals surface area contributed by atoms with Crippen LogP contribution >= 0.6 is 0 Å². The summed E-state index contributed by atoms with van der Waals surface area (Å²) in [6.45, 7) is 3.94. The minimum atomic E-state index is -0.456. The molecule has 0 aliphatic rings. The first-order valence-corrected chi connectivity index (χ1v) is 8.44. The Labute approximate surface area is 139 Å². The number of rotatable bonds is 13. The second kappa shape index (κ2) is 15.2. The second-order valence-corrected chi connectivity index (χ2v) is 5.41. The van der Waals surface area contributed by atoms with Gasteiger partial charge in [0, 0.05) is 12.8 Å². The zero-order valence-corrected chi connectivity index (χ0v) is 14.4. The lowest BCUT2D eigenvalue weighted by Crippen LogP contribution is -2.03. The number of ether oxygens (including phenoxy) is 1. The Morgan fingerprint density at radius 1 is 0.957 bits per heavy atom. The standard InChI is InChI=1S/C19H30O4/c1-3-23-19(22)16-12-6-4-5-10-14-18(21)15-11-8-7-9-13-17(2)20/h7-9,11,13,15,17,20H,3-6,10,12,14,16H2,1-2H3. The topological polar surface area (TPSA) is 63.6 Å². The molecular weight excluding hydrogens is 292 g/mol. The van der Waals surface area contributed by atoms with Crippen LogP contribution in [0.25, 0.3) is 0 Å². The summed E-state index contributed by atoms with van der Waals surface area (Å²) in [5.74, 6) is 0.00448. The summed E-state index contributed by atoms with van der Waals surface area (Å²) in [5, 5.41) is 9.01. The second-order valence-electron chi connectivity index (χ2n) is 5.41. The molecule has 0 fully saturated rings. The van der Waals surface area contributed by atoms with Crippen LogP contribution in [0.3, 0.4) is 0 Å². The number of hydrogen-bond acceptors (Lipinski definition) is 4. The molecule has 0 aromatic heterocycles. The van der Waals surface area contributed by atoms with Crippen molar-refractivity contribution in [1.29, 1.82) is 0 Å². The molecule has 0 saturated carbocycles. The number of esters is 1. The van der Waals surface area contributed by atoms with Gasteiger partial charge in [-0.2, -0.15) is 0 Å². The van der Waals surface area contributed by atoms with Crippen molar-refractivity contribution in [3.8, 4) is 0 Å². The predicted octanol–water partition coefficient (Wildman–Crippen LogP) is 3.90. The van der Waals surface area contributed by atoms with Gasteiger partial charge in [-0.15, -0.1) is 0 Å². The van der Waals surface area contributed by atoms with E-state index in [0.717, 1.165) is 32.1 Å². The highest BCUT2D eigenvalue weighted by Crippen LogP contribution is 2.08. The van der Waals surface area contributed by atoms with Crippen molar-refractivity contribution in [3.63, 3.8) is 0 Å². The third-order valence-electron chi connectivity index (χ3n) is 3.11. The van der Waals surface area contributed by atoms with Gasteiger partial charge >= 0.3 is 5.97 Å². The molecule has 0 saturated heterocycles. The molecule has 0 aromatic carbocycles. The molecule has 0 radical (unpaired) electrons. The van der Waals surface area contributed by atoms with E-state index in [1.165, 1.54) is 0 Å². The minimum absolute atomic E-state index is 0.121. The fourth-order valence-corrected chi connectivity index (χ4v) is 1.93. The van der Waals surface area contributed by atoms with Crippen LogP contribution in [0.4, 0.5) is 0 Å². The number of ketones is 1. The summed E-state index contributed by atoms with van der Waals surface area (Å²) in [6, 6.07) is 0. The summed E-state index contributed by atoms with van der Waals surface area (Å²) in [6.07, 6.45) is 15.6. The van der Waals surface area contributed by atoms with Crippen LogP contribution in [0.5, 0.6) is 0 Å². The molecule has 0 amide bonds. The van der Waals surface area contributed by atoms with Crippen molar-refractivity contribution >= 4 is 11.8 Å². The number of unbranched alkanes of at least 4 members (excludes halogenated alkanes) is 4. The first-order valence-electron chi connectivity index (χ1n) is 8.44. The predicted molar refractivity (Wildman–Crippen MR) is 93.1 cm³/mol. The van der Waals surface area contributed by atoms with Crippen molar-refractivity contribution in [2.24, 2.45) is 0 Å². The minimum Gasteiger partial charge on any atom is -0.466 e. The maximum atomic E-state index is 11.6. The zero-order valence-electron chi connectivity index (χ0n) is 14.4. The highest BCUT2D eigenvalue weighted by atomic mass is 16.5. The first-order chi connectivity index (χ1) is 11.1. The molecule has 0 aromatic rings. The zero-order chi connectivity index (χ0) is 17.3. The molecule has 4 nitrogen and oxygen atoms in total. The summed E-state index contributed by atoms with van der Waals surface area (Å²) in [5.41, 5.74) is 0. The lowest BCUT2D eigenvalue weighted by Gasteiger charge is -2.01. The molecule has 1 unspecified atom stereocenters. The average Bonchev–Trinajstić information content (AvgIpc) is 2.49. The molecule has 0 rings (SSSR count). The highest BCUT2D eigenvalue weighted by molar-refractivity contribution is 5.89. The summed E-state index contributed by atoms with van der Waals surface area (Å²) >= 11 is 0. The molecule has 0 spiro atoms. The van der Waals surface area contributed by atoms with Gasteiger partial charge in [0.15, 0.2) is 5.78 Å². The number of aliphatic hydroxyl groups excluding tert-OH is 1. The third kappa shape index (κ3) is 16.5. The van der Waals surface area contributed by atoms with Gasteiger partial charge in [0.25, 0.3) is 0 Å². The van der Waals surface area contributed by atoms with Crippen LogP contribution in [-0.2, 0) is 14.3 Å². The molecule has 4 heteroatoms. The number of carbonyl (C=O) groups excluding carboxylic acids is 2. The maximum absolute atomic E-state index is 11.6. The number of carbonyl (C=O) groups is 2. The van der Waals surface area contributed by atoms with Crippen LogP contribution in [-0.4, -0.2) is 29.6 Å². The smallest absolute Gasteiger partial charge is 0.305 e. The highest BCUT2D eigenvalue weighted by Gasteiger charge is 2.01. The van der Waals surface area contributed by atoms with E-state index in [2.05, 4.69) is 0 Å². The Balaban J connectivity index is 3.55. The molecule has 1 N–H and O–H groups in total. The Bertz CT molecular complexity index is 406. The van der Waals surface area contributed by atoms with Gasteiger partial charge in [-0.3, -0.25) is 9.59 Å². The Kier molecular flexibility index (Phi) is 14.1. The van der Waals surface area contributed by atoms with Crippen molar-refractivity contribution in [2.75, 3.05) is 6.61 Å². The maximum Gasteiger partial charge on any atom is 0.305 e. The van der Waals surface area contributed by atoms with Gasteiger partial charge in [0.05, 0.1) is 12.7 Å². The summed E-state index contributed by atoms with van der Waals surface area (Å²) in [4.78, 5) is 22.7. The number of hydrogen-bond donors (Lipinski definition) is 1. The van der Waals surface area contributed by atoms with Gasteiger partial charge < -0.3 is 9.84 Å².